The number of rotatable bonds is 3. The zero-order chi connectivity index (χ0) is 10.7. The Balaban J connectivity index is 3.25. The van der Waals surface area contributed by atoms with Crippen molar-refractivity contribution in [2.75, 3.05) is 13.7 Å². The summed E-state index contributed by atoms with van der Waals surface area (Å²) in [4.78, 5) is 0. The molecule has 0 bridgehead atoms. The van der Waals surface area contributed by atoms with Crippen molar-refractivity contribution in [3.63, 3.8) is 0 Å². The predicted molar refractivity (Wildman–Crippen MR) is 53.4 cm³/mol. The summed E-state index contributed by atoms with van der Waals surface area (Å²) in [6, 6.07) is 2.88. The van der Waals surface area contributed by atoms with Crippen LogP contribution in [0.25, 0.3) is 0 Å². The third-order valence-corrected chi connectivity index (χ3v) is 2.19. The van der Waals surface area contributed by atoms with Gasteiger partial charge in [0.25, 0.3) is 0 Å². The average molecular weight is 197 g/mol. The molecule has 1 rings (SSSR count). The average Bonchev–Trinajstić information content (AvgIpc) is 2.18. The molecular formula is C10H15NO3. The van der Waals surface area contributed by atoms with Crippen molar-refractivity contribution in [3.8, 4) is 11.5 Å². The van der Waals surface area contributed by atoms with Gasteiger partial charge in [0.1, 0.15) is 0 Å². The summed E-state index contributed by atoms with van der Waals surface area (Å²) in [5.41, 5.74) is 7.03. The van der Waals surface area contributed by atoms with E-state index in [0.29, 0.717) is 11.3 Å². The van der Waals surface area contributed by atoms with Crippen molar-refractivity contribution in [1.29, 1.82) is 0 Å². The standard InChI is InChI=1S/C10H15NO3/c1-6-3-4-8(14-2)10(13)9(6)7(11)5-12/h3-4,7,12-13H,5,11H2,1-2H3/t7-/m0/s1. The largest absolute Gasteiger partial charge is 0.504 e. The van der Waals surface area contributed by atoms with Gasteiger partial charge in [-0.25, -0.2) is 0 Å². The molecule has 0 aliphatic rings. The fraction of sp³-hybridized carbons (Fsp3) is 0.400. The van der Waals surface area contributed by atoms with Crippen molar-refractivity contribution in [3.05, 3.63) is 23.3 Å². The van der Waals surface area contributed by atoms with Crippen LogP contribution in [0.4, 0.5) is 0 Å². The van der Waals surface area contributed by atoms with Gasteiger partial charge in [-0.3, -0.25) is 0 Å². The Labute approximate surface area is 82.9 Å². The Morgan fingerprint density at radius 1 is 1.50 bits per heavy atom. The number of ether oxygens (including phenoxy) is 1. The molecule has 0 aliphatic heterocycles. The Bertz CT molecular complexity index is 325. The highest BCUT2D eigenvalue weighted by Gasteiger charge is 2.16. The number of hydrogen-bond donors (Lipinski definition) is 3. The van der Waals surface area contributed by atoms with Gasteiger partial charge < -0.3 is 20.7 Å². The van der Waals surface area contributed by atoms with Crippen LogP contribution in [0.2, 0.25) is 0 Å². The number of aryl methyl sites for hydroxylation is 1. The zero-order valence-electron chi connectivity index (χ0n) is 8.32. The second kappa shape index (κ2) is 4.30. The molecule has 0 aromatic heterocycles. The monoisotopic (exact) mass is 197 g/mol. The highest BCUT2D eigenvalue weighted by molar-refractivity contribution is 5.50. The minimum atomic E-state index is -0.579. The van der Waals surface area contributed by atoms with Crippen LogP contribution in [-0.2, 0) is 0 Å². The molecule has 4 heteroatoms. The number of aromatic hydroxyl groups is 1. The first-order valence-electron chi connectivity index (χ1n) is 4.34. The first-order valence-corrected chi connectivity index (χ1v) is 4.34. The van der Waals surface area contributed by atoms with Crippen molar-refractivity contribution in [2.24, 2.45) is 5.73 Å². The normalized spacial score (nSPS) is 12.6. The van der Waals surface area contributed by atoms with Crippen LogP contribution in [0.5, 0.6) is 11.5 Å². The number of phenols is 1. The summed E-state index contributed by atoms with van der Waals surface area (Å²) in [5.74, 6) is 0.378. The maximum atomic E-state index is 9.76. The molecule has 0 spiro atoms. The van der Waals surface area contributed by atoms with Crippen molar-refractivity contribution in [2.45, 2.75) is 13.0 Å². The lowest BCUT2D eigenvalue weighted by atomic mass is 10.0. The number of nitrogens with two attached hydrogens (primary N) is 1. The van der Waals surface area contributed by atoms with Crippen molar-refractivity contribution < 1.29 is 14.9 Å². The Morgan fingerprint density at radius 3 is 2.64 bits per heavy atom. The summed E-state index contributed by atoms with van der Waals surface area (Å²) in [5, 5.41) is 18.7. The quantitative estimate of drug-likeness (QED) is 0.666. The van der Waals surface area contributed by atoms with Gasteiger partial charge in [-0.15, -0.1) is 0 Å². The first kappa shape index (κ1) is 10.8. The topological polar surface area (TPSA) is 75.7 Å². The van der Waals surface area contributed by atoms with Gasteiger partial charge in [0.05, 0.1) is 19.8 Å². The van der Waals surface area contributed by atoms with E-state index in [9.17, 15) is 5.11 Å². The molecule has 0 amide bonds. The van der Waals surface area contributed by atoms with Crippen molar-refractivity contribution in [1.82, 2.24) is 0 Å². The summed E-state index contributed by atoms with van der Waals surface area (Å²) >= 11 is 0. The van der Waals surface area contributed by atoms with Gasteiger partial charge in [0.2, 0.25) is 0 Å². The SMILES string of the molecule is COc1ccc(C)c([C@@H](N)CO)c1O. The molecule has 0 aliphatic carbocycles. The third kappa shape index (κ3) is 1.81. The minimum Gasteiger partial charge on any atom is -0.504 e. The Kier molecular flexibility index (Phi) is 3.33. The maximum absolute atomic E-state index is 9.76. The predicted octanol–water partition coefficient (Wildman–Crippen LogP) is 0.701. The second-order valence-corrected chi connectivity index (χ2v) is 3.14. The van der Waals surface area contributed by atoms with E-state index in [4.69, 9.17) is 15.6 Å². The van der Waals surface area contributed by atoms with E-state index in [1.165, 1.54) is 7.11 Å². The molecule has 0 fully saturated rings. The fourth-order valence-electron chi connectivity index (χ4n) is 1.41. The molecule has 1 atom stereocenters. The molecule has 4 nitrogen and oxygen atoms in total. The van der Waals surface area contributed by atoms with Crippen LogP contribution in [0.15, 0.2) is 12.1 Å². The molecule has 0 heterocycles. The smallest absolute Gasteiger partial charge is 0.162 e. The van der Waals surface area contributed by atoms with E-state index >= 15 is 0 Å². The number of aliphatic hydroxyl groups excluding tert-OH is 1. The molecular weight excluding hydrogens is 182 g/mol. The molecule has 0 radical (unpaired) electrons. The second-order valence-electron chi connectivity index (χ2n) is 3.14. The Morgan fingerprint density at radius 2 is 2.14 bits per heavy atom. The lowest BCUT2D eigenvalue weighted by Gasteiger charge is -2.15. The molecule has 1 aromatic rings. The number of benzene rings is 1. The van der Waals surface area contributed by atoms with Crippen LogP contribution in [0, 0.1) is 6.92 Å². The number of aliphatic hydroxyl groups is 1. The lowest BCUT2D eigenvalue weighted by molar-refractivity contribution is 0.263. The minimum absolute atomic E-state index is 0.00838. The van der Waals surface area contributed by atoms with Crippen LogP contribution < -0.4 is 10.5 Å². The number of methoxy groups -OCH3 is 1. The van der Waals surface area contributed by atoms with Crippen molar-refractivity contribution >= 4 is 0 Å². The fourth-order valence-corrected chi connectivity index (χ4v) is 1.41. The van der Waals surface area contributed by atoms with Gasteiger partial charge in [-0.05, 0) is 18.6 Å². The maximum Gasteiger partial charge on any atom is 0.162 e. The molecule has 1 aromatic carbocycles. The van der Waals surface area contributed by atoms with Gasteiger partial charge in [0, 0.05) is 5.56 Å². The summed E-state index contributed by atoms with van der Waals surface area (Å²) in [6.07, 6.45) is 0. The van der Waals surface area contributed by atoms with E-state index in [1.807, 2.05) is 6.92 Å². The highest BCUT2D eigenvalue weighted by atomic mass is 16.5. The van der Waals surface area contributed by atoms with E-state index in [1.54, 1.807) is 12.1 Å². The number of hydrogen-bond acceptors (Lipinski definition) is 4. The molecule has 0 saturated heterocycles. The molecule has 0 unspecified atom stereocenters. The van der Waals surface area contributed by atoms with Gasteiger partial charge in [-0.2, -0.15) is 0 Å². The van der Waals surface area contributed by atoms with Crippen LogP contribution in [0.1, 0.15) is 17.2 Å². The molecule has 0 saturated carbocycles. The van der Waals surface area contributed by atoms with Gasteiger partial charge in [0.15, 0.2) is 11.5 Å². The first-order chi connectivity index (χ1) is 6.61. The summed E-state index contributed by atoms with van der Waals surface area (Å²) in [7, 11) is 1.47. The lowest BCUT2D eigenvalue weighted by Crippen LogP contribution is -2.16. The van der Waals surface area contributed by atoms with Gasteiger partial charge >= 0.3 is 0 Å². The summed E-state index contributed by atoms with van der Waals surface area (Å²) < 4.78 is 4.95. The van der Waals surface area contributed by atoms with Crippen LogP contribution >= 0.6 is 0 Å². The molecule has 4 N–H and O–H groups in total. The highest BCUT2D eigenvalue weighted by Crippen LogP contribution is 2.34. The van der Waals surface area contributed by atoms with Crippen LogP contribution in [0.3, 0.4) is 0 Å². The molecule has 78 valence electrons. The zero-order valence-corrected chi connectivity index (χ0v) is 8.32. The van der Waals surface area contributed by atoms with E-state index in [2.05, 4.69) is 0 Å². The Hall–Kier alpha value is -1.26. The summed E-state index contributed by atoms with van der Waals surface area (Å²) in [6.45, 7) is 1.62. The number of phenolic OH excluding ortho intramolecular Hbond substituents is 1. The molecule has 14 heavy (non-hydrogen) atoms. The van der Waals surface area contributed by atoms with E-state index < -0.39 is 6.04 Å². The van der Waals surface area contributed by atoms with E-state index in [-0.39, 0.29) is 12.4 Å². The van der Waals surface area contributed by atoms with E-state index in [0.717, 1.165) is 5.56 Å². The van der Waals surface area contributed by atoms with Crippen LogP contribution in [-0.4, -0.2) is 23.9 Å². The third-order valence-electron chi connectivity index (χ3n) is 2.19. The van der Waals surface area contributed by atoms with Gasteiger partial charge in [-0.1, -0.05) is 6.07 Å².